The molecule has 0 radical (unpaired) electrons. The minimum Gasteiger partial charge on any atom is -0.380 e. The maximum Gasteiger partial charge on any atom is 0.0593 e. The molecule has 0 bridgehead atoms. The quantitative estimate of drug-likeness (QED) is 0.733. The molecule has 2 N–H and O–H groups in total. The van der Waals surface area contributed by atoms with Crippen LogP contribution in [0, 0.1) is 17.3 Å². The second kappa shape index (κ2) is 6.97. The van der Waals surface area contributed by atoms with Gasteiger partial charge < -0.3 is 10.5 Å². The van der Waals surface area contributed by atoms with Crippen LogP contribution in [-0.2, 0) is 4.74 Å². The van der Waals surface area contributed by atoms with Crippen LogP contribution in [0.5, 0.6) is 0 Å². The Bertz CT molecular complexity index is 312. The number of nitrogens with two attached hydrogens (primary N) is 1. The van der Waals surface area contributed by atoms with Crippen LogP contribution in [0.25, 0.3) is 0 Å². The van der Waals surface area contributed by atoms with E-state index >= 15 is 0 Å². The lowest BCUT2D eigenvalue weighted by Gasteiger charge is -2.48. The summed E-state index contributed by atoms with van der Waals surface area (Å²) in [5.41, 5.74) is 6.82. The zero-order valence-electron chi connectivity index (χ0n) is 14.7. The van der Waals surface area contributed by atoms with Gasteiger partial charge in [0, 0.05) is 25.2 Å². The number of nitrogens with zero attached hydrogens (tertiary/aromatic N) is 1. The molecule has 3 heteroatoms. The number of hydrogen-bond acceptors (Lipinski definition) is 3. The molecule has 0 aromatic heterocycles. The van der Waals surface area contributed by atoms with Gasteiger partial charge in [0.05, 0.1) is 6.61 Å². The van der Waals surface area contributed by atoms with Gasteiger partial charge in [-0.05, 0) is 62.8 Å². The van der Waals surface area contributed by atoms with Crippen LogP contribution in [0.2, 0.25) is 0 Å². The molecular formula is C18H36N2O. The molecule has 0 saturated heterocycles. The van der Waals surface area contributed by atoms with Crippen molar-refractivity contribution in [3.05, 3.63) is 0 Å². The molecule has 0 unspecified atom stereocenters. The van der Waals surface area contributed by atoms with Crippen LogP contribution in [0.3, 0.4) is 0 Å². The van der Waals surface area contributed by atoms with Crippen molar-refractivity contribution in [1.82, 2.24) is 4.90 Å². The summed E-state index contributed by atoms with van der Waals surface area (Å²) >= 11 is 0. The van der Waals surface area contributed by atoms with Crippen LogP contribution in [0.1, 0.15) is 59.3 Å². The fraction of sp³-hybridized carbons (Fsp3) is 1.00. The molecule has 0 spiro atoms. The minimum atomic E-state index is 0.213. The Morgan fingerprint density at radius 1 is 1.14 bits per heavy atom. The molecule has 0 atom stereocenters. The highest BCUT2D eigenvalue weighted by molar-refractivity contribution is 4.96. The Labute approximate surface area is 131 Å². The molecule has 3 nitrogen and oxygen atoms in total. The van der Waals surface area contributed by atoms with Gasteiger partial charge in [-0.1, -0.05) is 20.8 Å². The van der Waals surface area contributed by atoms with Gasteiger partial charge in [0.25, 0.3) is 0 Å². The summed E-state index contributed by atoms with van der Waals surface area (Å²) in [7, 11) is 2.24. The first-order valence-electron chi connectivity index (χ1n) is 8.86. The van der Waals surface area contributed by atoms with Gasteiger partial charge >= 0.3 is 0 Å². The third-order valence-corrected chi connectivity index (χ3v) is 5.95. The smallest absolute Gasteiger partial charge is 0.0593 e. The molecule has 21 heavy (non-hydrogen) atoms. The topological polar surface area (TPSA) is 38.5 Å². The number of rotatable bonds is 7. The van der Waals surface area contributed by atoms with Crippen molar-refractivity contribution < 1.29 is 4.74 Å². The van der Waals surface area contributed by atoms with Crippen LogP contribution in [-0.4, -0.2) is 43.8 Å². The van der Waals surface area contributed by atoms with Crippen molar-refractivity contribution in [2.75, 3.05) is 33.4 Å². The monoisotopic (exact) mass is 296 g/mol. The Hall–Kier alpha value is -0.120. The predicted octanol–water partition coefficient (Wildman–Crippen LogP) is 3.28. The van der Waals surface area contributed by atoms with Gasteiger partial charge in [-0.25, -0.2) is 0 Å². The van der Waals surface area contributed by atoms with Crippen molar-refractivity contribution in [1.29, 1.82) is 0 Å². The minimum absolute atomic E-state index is 0.213. The van der Waals surface area contributed by atoms with E-state index in [1.165, 1.54) is 38.5 Å². The summed E-state index contributed by atoms with van der Waals surface area (Å²) in [6.45, 7) is 10.8. The third kappa shape index (κ3) is 4.67. The van der Waals surface area contributed by atoms with Crippen molar-refractivity contribution in [3.8, 4) is 0 Å². The molecule has 0 aromatic carbocycles. The lowest BCUT2D eigenvalue weighted by Crippen LogP contribution is -2.55. The normalized spacial score (nSPS) is 30.9. The van der Waals surface area contributed by atoms with Gasteiger partial charge in [0.15, 0.2) is 0 Å². The van der Waals surface area contributed by atoms with Gasteiger partial charge in [-0.2, -0.15) is 0 Å². The lowest BCUT2D eigenvalue weighted by molar-refractivity contribution is 0.0152. The first kappa shape index (κ1) is 17.2. The molecule has 2 rings (SSSR count). The molecular weight excluding hydrogens is 260 g/mol. The summed E-state index contributed by atoms with van der Waals surface area (Å²) in [5, 5.41) is 0. The maximum atomic E-state index is 6.17. The fourth-order valence-electron chi connectivity index (χ4n) is 3.74. The Balaban J connectivity index is 1.77. The van der Waals surface area contributed by atoms with E-state index in [1.807, 2.05) is 0 Å². The summed E-state index contributed by atoms with van der Waals surface area (Å²) in [4.78, 5) is 2.48. The second-order valence-corrected chi connectivity index (χ2v) is 8.51. The molecule has 0 amide bonds. The highest BCUT2D eigenvalue weighted by atomic mass is 16.5. The van der Waals surface area contributed by atoms with E-state index in [1.54, 1.807) is 0 Å². The van der Waals surface area contributed by atoms with E-state index in [2.05, 4.69) is 32.7 Å². The summed E-state index contributed by atoms with van der Waals surface area (Å²) in [6.07, 6.45) is 7.85. The predicted molar refractivity (Wildman–Crippen MR) is 89.4 cm³/mol. The molecule has 124 valence electrons. The SMILES string of the molecule is CN(CCOCC1CC1)C1(CN)CCC(C(C)(C)C)CC1. The fourth-order valence-corrected chi connectivity index (χ4v) is 3.74. The van der Waals surface area contributed by atoms with Crippen LogP contribution in [0.4, 0.5) is 0 Å². The number of likely N-dealkylation sites (N-methyl/N-ethyl adjacent to an activating group) is 1. The van der Waals surface area contributed by atoms with Crippen LogP contribution < -0.4 is 5.73 Å². The van der Waals surface area contributed by atoms with Crippen molar-refractivity contribution in [2.24, 2.45) is 23.0 Å². The molecule has 0 heterocycles. The average molecular weight is 296 g/mol. The van der Waals surface area contributed by atoms with Crippen molar-refractivity contribution >= 4 is 0 Å². The van der Waals surface area contributed by atoms with Crippen molar-refractivity contribution in [3.63, 3.8) is 0 Å². The summed E-state index contributed by atoms with van der Waals surface area (Å²) in [5.74, 6) is 1.71. The van der Waals surface area contributed by atoms with Crippen molar-refractivity contribution in [2.45, 2.75) is 64.8 Å². The van der Waals surface area contributed by atoms with E-state index in [9.17, 15) is 0 Å². The lowest BCUT2D eigenvalue weighted by atomic mass is 9.67. The standard InChI is InChI=1S/C18H36N2O/c1-17(2,3)16-7-9-18(14-19,10-8-16)20(4)11-12-21-13-15-5-6-15/h15-16H,5-14,19H2,1-4H3. The third-order valence-electron chi connectivity index (χ3n) is 5.95. The van der Waals surface area contributed by atoms with E-state index in [-0.39, 0.29) is 5.54 Å². The average Bonchev–Trinajstić information content (AvgIpc) is 3.26. The van der Waals surface area contributed by atoms with Gasteiger partial charge in [-0.3, -0.25) is 4.90 Å². The van der Waals surface area contributed by atoms with E-state index in [0.717, 1.165) is 38.1 Å². The Morgan fingerprint density at radius 2 is 1.76 bits per heavy atom. The number of hydrogen-bond donors (Lipinski definition) is 1. The summed E-state index contributed by atoms with van der Waals surface area (Å²) in [6, 6.07) is 0. The highest BCUT2D eigenvalue weighted by Gasteiger charge is 2.40. The summed E-state index contributed by atoms with van der Waals surface area (Å²) < 4.78 is 5.80. The highest BCUT2D eigenvalue weighted by Crippen LogP contribution is 2.42. The molecule has 2 saturated carbocycles. The van der Waals surface area contributed by atoms with Crippen LogP contribution in [0.15, 0.2) is 0 Å². The first-order chi connectivity index (χ1) is 9.87. The van der Waals surface area contributed by atoms with Gasteiger partial charge in [-0.15, -0.1) is 0 Å². The Kier molecular flexibility index (Phi) is 5.72. The van der Waals surface area contributed by atoms with E-state index in [4.69, 9.17) is 10.5 Å². The van der Waals surface area contributed by atoms with E-state index < -0.39 is 0 Å². The zero-order chi connectivity index (χ0) is 15.5. The molecule has 0 aromatic rings. The molecule has 0 aliphatic heterocycles. The molecule has 2 aliphatic carbocycles. The van der Waals surface area contributed by atoms with Gasteiger partial charge in [0.1, 0.15) is 0 Å². The second-order valence-electron chi connectivity index (χ2n) is 8.51. The first-order valence-corrected chi connectivity index (χ1v) is 8.86. The van der Waals surface area contributed by atoms with Crippen LogP contribution >= 0.6 is 0 Å². The molecule has 2 aliphatic rings. The largest absolute Gasteiger partial charge is 0.380 e. The molecule has 2 fully saturated rings. The zero-order valence-corrected chi connectivity index (χ0v) is 14.7. The number of ether oxygens (including phenoxy) is 1. The Morgan fingerprint density at radius 3 is 2.24 bits per heavy atom. The maximum absolute atomic E-state index is 6.17. The van der Waals surface area contributed by atoms with E-state index in [0.29, 0.717) is 5.41 Å². The van der Waals surface area contributed by atoms with Gasteiger partial charge in [0.2, 0.25) is 0 Å².